The first-order valence-corrected chi connectivity index (χ1v) is 9.72. The van der Waals surface area contributed by atoms with Crippen LogP contribution >= 0.6 is 0 Å². The lowest BCUT2D eigenvalue weighted by atomic mass is 10.0. The number of anilines is 1. The number of carbonyl (C=O) groups excluding carboxylic acids is 1. The van der Waals surface area contributed by atoms with Crippen LogP contribution in [0.4, 0.5) is 10.1 Å². The number of ketones is 1. The van der Waals surface area contributed by atoms with Gasteiger partial charge in [-0.15, -0.1) is 0 Å². The molecular formula is C25H24FNO5. The van der Waals surface area contributed by atoms with Crippen molar-refractivity contribution in [3.05, 3.63) is 83.7 Å². The van der Waals surface area contributed by atoms with Crippen LogP contribution in [-0.4, -0.2) is 34.2 Å². The van der Waals surface area contributed by atoms with Gasteiger partial charge in [-0.25, -0.2) is 4.39 Å². The number of ether oxygens (including phenoxy) is 4. The molecule has 0 aliphatic heterocycles. The number of rotatable bonds is 9. The summed E-state index contributed by atoms with van der Waals surface area (Å²) in [7, 11) is 6.11. The van der Waals surface area contributed by atoms with E-state index >= 15 is 0 Å². The smallest absolute Gasteiger partial charge is 0.191 e. The van der Waals surface area contributed by atoms with Crippen molar-refractivity contribution in [1.82, 2.24) is 0 Å². The maximum atomic E-state index is 13.4. The van der Waals surface area contributed by atoms with Crippen LogP contribution in [0.15, 0.2) is 66.7 Å². The third kappa shape index (κ3) is 5.18. The van der Waals surface area contributed by atoms with E-state index in [0.29, 0.717) is 45.5 Å². The molecule has 0 unspecified atom stereocenters. The Labute approximate surface area is 186 Å². The standard InChI is InChI=1S/C25H24FNO5/c1-29-18-9-11-20(24(13-18)31-3)22(27-17-7-5-16(26)6-8-17)15-23(28)21-12-10-19(30-2)14-25(21)32-4/h5-15,27H,1-4H3/b22-15-. The van der Waals surface area contributed by atoms with Crippen molar-refractivity contribution in [3.63, 3.8) is 0 Å². The fourth-order valence-electron chi connectivity index (χ4n) is 3.10. The lowest BCUT2D eigenvalue weighted by molar-refractivity contribution is 0.104. The Morgan fingerprint density at radius 1 is 0.750 bits per heavy atom. The van der Waals surface area contributed by atoms with Gasteiger partial charge in [-0.2, -0.15) is 0 Å². The van der Waals surface area contributed by atoms with E-state index in [1.807, 2.05) is 0 Å². The molecule has 32 heavy (non-hydrogen) atoms. The summed E-state index contributed by atoms with van der Waals surface area (Å²) in [4.78, 5) is 13.2. The number of hydrogen-bond acceptors (Lipinski definition) is 6. The summed E-state index contributed by atoms with van der Waals surface area (Å²) >= 11 is 0. The number of allylic oxidation sites excluding steroid dienone is 1. The molecule has 0 aliphatic carbocycles. The first-order chi connectivity index (χ1) is 15.5. The molecule has 0 saturated heterocycles. The second kappa shape index (κ2) is 10.3. The van der Waals surface area contributed by atoms with Gasteiger partial charge in [-0.3, -0.25) is 4.79 Å². The highest BCUT2D eigenvalue weighted by Gasteiger charge is 2.16. The second-order valence-electron chi connectivity index (χ2n) is 6.69. The quantitative estimate of drug-likeness (QED) is 0.367. The molecule has 3 aromatic carbocycles. The third-order valence-corrected chi connectivity index (χ3v) is 4.77. The Kier molecular flexibility index (Phi) is 7.33. The van der Waals surface area contributed by atoms with Crippen LogP contribution < -0.4 is 24.3 Å². The van der Waals surface area contributed by atoms with E-state index < -0.39 is 0 Å². The van der Waals surface area contributed by atoms with Gasteiger partial charge in [0, 0.05) is 29.5 Å². The summed E-state index contributed by atoms with van der Waals surface area (Å²) in [6, 6.07) is 16.0. The van der Waals surface area contributed by atoms with Crippen molar-refractivity contribution < 1.29 is 28.1 Å². The van der Waals surface area contributed by atoms with Gasteiger partial charge in [0.25, 0.3) is 0 Å². The molecule has 7 heteroatoms. The Balaban J connectivity index is 2.09. The van der Waals surface area contributed by atoms with Gasteiger partial charge >= 0.3 is 0 Å². The molecule has 0 saturated carbocycles. The summed E-state index contributed by atoms with van der Waals surface area (Å²) in [6.07, 6.45) is 1.44. The summed E-state index contributed by atoms with van der Waals surface area (Å²) in [5.74, 6) is 1.40. The zero-order chi connectivity index (χ0) is 23.1. The molecule has 166 valence electrons. The molecule has 0 bridgehead atoms. The summed E-state index contributed by atoms with van der Waals surface area (Å²) < 4.78 is 34.7. The highest BCUT2D eigenvalue weighted by Crippen LogP contribution is 2.32. The molecule has 0 radical (unpaired) electrons. The minimum atomic E-state index is -0.359. The number of hydrogen-bond donors (Lipinski definition) is 1. The Morgan fingerprint density at radius 2 is 1.28 bits per heavy atom. The molecule has 3 rings (SSSR count). The summed E-state index contributed by atoms with van der Waals surface area (Å²) in [5.41, 5.74) is 2.04. The van der Waals surface area contributed by atoms with E-state index in [2.05, 4.69) is 5.32 Å². The summed E-state index contributed by atoms with van der Waals surface area (Å²) in [6.45, 7) is 0. The van der Waals surface area contributed by atoms with Crippen LogP contribution in [0, 0.1) is 5.82 Å². The van der Waals surface area contributed by atoms with Crippen molar-refractivity contribution in [1.29, 1.82) is 0 Å². The van der Waals surface area contributed by atoms with Gasteiger partial charge < -0.3 is 24.3 Å². The number of nitrogens with one attached hydrogen (secondary N) is 1. The first-order valence-electron chi connectivity index (χ1n) is 9.72. The zero-order valence-electron chi connectivity index (χ0n) is 18.3. The molecule has 6 nitrogen and oxygen atoms in total. The molecule has 0 atom stereocenters. The van der Waals surface area contributed by atoms with Gasteiger partial charge in [-0.05, 0) is 48.5 Å². The predicted molar refractivity (Wildman–Crippen MR) is 121 cm³/mol. The number of halogens is 1. The molecule has 0 fully saturated rings. The number of methoxy groups -OCH3 is 4. The summed E-state index contributed by atoms with van der Waals surface area (Å²) in [5, 5.41) is 3.18. The fourth-order valence-corrected chi connectivity index (χ4v) is 3.10. The fraction of sp³-hybridized carbons (Fsp3) is 0.160. The highest BCUT2D eigenvalue weighted by molar-refractivity contribution is 6.11. The third-order valence-electron chi connectivity index (χ3n) is 4.77. The van der Waals surface area contributed by atoms with Crippen LogP contribution in [-0.2, 0) is 0 Å². The minimum Gasteiger partial charge on any atom is -0.497 e. The van der Waals surface area contributed by atoms with Crippen LogP contribution in [0.3, 0.4) is 0 Å². The van der Waals surface area contributed by atoms with Crippen molar-refractivity contribution in [3.8, 4) is 23.0 Å². The monoisotopic (exact) mass is 437 g/mol. The zero-order valence-corrected chi connectivity index (χ0v) is 18.3. The lowest BCUT2D eigenvalue weighted by Crippen LogP contribution is -2.06. The Bertz CT molecular complexity index is 1130. The van der Waals surface area contributed by atoms with E-state index in [9.17, 15) is 9.18 Å². The predicted octanol–water partition coefficient (Wildman–Crippen LogP) is 5.20. The lowest BCUT2D eigenvalue weighted by Gasteiger charge is -2.16. The van der Waals surface area contributed by atoms with E-state index in [4.69, 9.17) is 18.9 Å². The topological polar surface area (TPSA) is 66.0 Å². The van der Waals surface area contributed by atoms with Crippen LogP contribution in [0.2, 0.25) is 0 Å². The van der Waals surface area contributed by atoms with Crippen molar-refractivity contribution >= 4 is 17.2 Å². The van der Waals surface area contributed by atoms with Crippen LogP contribution in [0.25, 0.3) is 5.70 Å². The average Bonchev–Trinajstić information content (AvgIpc) is 2.83. The minimum absolute atomic E-state index is 0.299. The normalized spacial score (nSPS) is 11.0. The van der Waals surface area contributed by atoms with E-state index in [-0.39, 0.29) is 11.6 Å². The number of carbonyl (C=O) groups is 1. The second-order valence-corrected chi connectivity index (χ2v) is 6.69. The van der Waals surface area contributed by atoms with Crippen LogP contribution in [0.1, 0.15) is 15.9 Å². The van der Waals surface area contributed by atoms with Gasteiger partial charge in [0.15, 0.2) is 5.78 Å². The SMILES string of the molecule is COc1ccc(C(=O)/C=C(\Nc2ccc(F)cc2)c2ccc(OC)cc2OC)c(OC)c1. The molecule has 0 amide bonds. The molecule has 0 spiro atoms. The van der Waals surface area contributed by atoms with Crippen molar-refractivity contribution in [2.24, 2.45) is 0 Å². The van der Waals surface area contributed by atoms with Gasteiger partial charge in [0.2, 0.25) is 0 Å². The van der Waals surface area contributed by atoms with E-state index in [0.717, 1.165) is 0 Å². The molecule has 0 aliphatic rings. The van der Waals surface area contributed by atoms with Crippen molar-refractivity contribution in [2.45, 2.75) is 0 Å². The average molecular weight is 437 g/mol. The highest BCUT2D eigenvalue weighted by atomic mass is 19.1. The Hall–Kier alpha value is -4.00. The Morgan fingerprint density at radius 3 is 1.81 bits per heavy atom. The largest absolute Gasteiger partial charge is 0.497 e. The molecule has 3 aromatic rings. The van der Waals surface area contributed by atoms with Gasteiger partial charge in [0.05, 0.1) is 39.7 Å². The van der Waals surface area contributed by atoms with Gasteiger partial charge in [-0.1, -0.05) is 0 Å². The molecule has 0 aromatic heterocycles. The first kappa shape index (κ1) is 22.7. The maximum Gasteiger partial charge on any atom is 0.191 e. The number of benzene rings is 3. The van der Waals surface area contributed by atoms with E-state index in [1.165, 1.54) is 39.5 Å². The van der Waals surface area contributed by atoms with Crippen LogP contribution in [0.5, 0.6) is 23.0 Å². The molecule has 1 N–H and O–H groups in total. The molecule has 0 heterocycles. The van der Waals surface area contributed by atoms with Crippen molar-refractivity contribution in [2.75, 3.05) is 33.8 Å². The van der Waals surface area contributed by atoms with E-state index in [1.54, 1.807) is 55.6 Å². The molecular weight excluding hydrogens is 413 g/mol. The van der Waals surface area contributed by atoms with Gasteiger partial charge in [0.1, 0.15) is 28.8 Å². The maximum absolute atomic E-state index is 13.4.